The summed E-state index contributed by atoms with van der Waals surface area (Å²) in [7, 11) is 0. The summed E-state index contributed by atoms with van der Waals surface area (Å²) in [4.78, 5) is 25.4. The third-order valence-electron chi connectivity index (χ3n) is 5.95. The Morgan fingerprint density at radius 2 is 1.91 bits per heavy atom. The minimum atomic E-state index is -0.170. The number of hydrogen-bond acceptors (Lipinski definition) is 5. The Hall–Kier alpha value is -2.77. The maximum absolute atomic E-state index is 13.1. The smallest absolute Gasteiger partial charge is 0.255 e. The lowest BCUT2D eigenvalue weighted by Crippen LogP contribution is -2.30. The molecule has 0 radical (unpaired) electrons. The summed E-state index contributed by atoms with van der Waals surface area (Å²) in [6, 6.07) is 7.01. The van der Waals surface area contributed by atoms with Crippen molar-refractivity contribution < 1.29 is 9.21 Å². The number of halogens is 2. The highest BCUT2D eigenvalue weighted by Gasteiger charge is 2.22. The average molecular weight is 472 g/mol. The van der Waals surface area contributed by atoms with Crippen LogP contribution < -0.4 is 10.6 Å². The number of para-hydroxylation sites is 1. The van der Waals surface area contributed by atoms with Gasteiger partial charge in [0.2, 0.25) is 5.95 Å². The van der Waals surface area contributed by atoms with E-state index in [9.17, 15) is 4.79 Å². The first-order chi connectivity index (χ1) is 15.5. The fourth-order valence-electron chi connectivity index (χ4n) is 4.34. The van der Waals surface area contributed by atoms with Crippen molar-refractivity contribution in [2.45, 2.75) is 39.0 Å². The SMILES string of the molecule is Cc1nc2c(o1)c(C(=O)NCC1CCCCC1)cc1[nH]c(Nc3c(Cl)cccc3Cl)nc12. The molecule has 0 saturated heterocycles. The Morgan fingerprint density at radius 3 is 2.66 bits per heavy atom. The second-order valence-corrected chi connectivity index (χ2v) is 9.07. The molecular weight excluding hydrogens is 449 g/mol. The molecular formula is C23H23Cl2N5O2. The minimum absolute atomic E-state index is 0.170. The number of nitrogens with zero attached hydrogens (tertiary/aromatic N) is 2. The van der Waals surface area contributed by atoms with E-state index in [0.717, 1.165) is 12.8 Å². The van der Waals surface area contributed by atoms with Gasteiger partial charge in [0.15, 0.2) is 11.5 Å². The molecule has 0 unspecified atom stereocenters. The molecule has 9 heteroatoms. The van der Waals surface area contributed by atoms with Gasteiger partial charge in [-0.3, -0.25) is 4.79 Å². The van der Waals surface area contributed by atoms with Crippen molar-refractivity contribution >= 4 is 62.9 Å². The molecule has 0 spiro atoms. The molecule has 5 rings (SSSR count). The zero-order valence-electron chi connectivity index (χ0n) is 17.6. The molecule has 166 valence electrons. The van der Waals surface area contributed by atoms with Gasteiger partial charge in [-0.25, -0.2) is 9.97 Å². The average Bonchev–Trinajstić information content (AvgIpc) is 3.37. The van der Waals surface area contributed by atoms with E-state index in [2.05, 4.69) is 25.6 Å². The summed E-state index contributed by atoms with van der Waals surface area (Å²) in [5.41, 5.74) is 3.23. The number of aromatic nitrogens is 3. The van der Waals surface area contributed by atoms with Crippen LogP contribution in [0.1, 0.15) is 48.4 Å². The first kappa shape index (κ1) is 21.1. The van der Waals surface area contributed by atoms with Gasteiger partial charge >= 0.3 is 0 Å². The predicted octanol–water partition coefficient (Wildman–Crippen LogP) is 6.37. The van der Waals surface area contributed by atoms with Crippen molar-refractivity contribution in [3.63, 3.8) is 0 Å². The molecule has 3 N–H and O–H groups in total. The largest absolute Gasteiger partial charge is 0.440 e. The van der Waals surface area contributed by atoms with E-state index in [-0.39, 0.29) is 5.91 Å². The number of aryl methyl sites for hydroxylation is 1. The van der Waals surface area contributed by atoms with Crippen molar-refractivity contribution in [1.82, 2.24) is 20.3 Å². The summed E-state index contributed by atoms with van der Waals surface area (Å²) >= 11 is 12.5. The van der Waals surface area contributed by atoms with E-state index in [1.165, 1.54) is 19.3 Å². The van der Waals surface area contributed by atoms with Crippen LogP contribution in [0.4, 0.5) is 11.6 Å². The number of H-pyrrole nitrogens is 1. The molecule has 2 aromatic carbocycles. The van der Waals surface area contributed by atoms with Crippen molar-refractivity contribution in [2.24, 2.45) is 5.92 Å². The molecule has 1 amide bonds. The highest BCUT2D eigenvalue weighted by atomic mass is 35.5. The van der Waals surface area contributed by atoms with Crippen molar-refractivity contribution in [3.8, 4) is 0 Å². The van der Waals surface area contributed by atoms with E-state index in [1.54, 1.807) is 31.2 Å². The number of nitrogens with one attached hydrogen (secondary N) is 3. The monoisotopic (exact) mass is 471 g/mol. The van der Waals surface area contributed by atoms with E-state index >= 15 is 0 Å². The molecule has 0 bridgehead atoms. The Bertz CT molecular complexity index is 1290. The molecule has 0 atom stereocenters. The lowest BCUT2D eigenvalue weighted by Gasteiger charge is -2.21. The molecule has 1 saturated carbocycles. The lowest BCUT2D eigenvalue weighted by molar-refractivity contribution is 0.0944. The Labute approximate surface area is 194 Å². The number of rotatable bonds is 5. The van der Waals surface area contributed by atoms with Gasteiger partial charge in [0.1, 0.15) is 11.0 Å². The molecule has 32 heavy (non-hydrogen) atoms. The van der Waals surface area contributed by atoms with Crippen LogP contribution >= 0.6 is 23.2 Å². The van der Waals surface area contributed by atoms with Crippen molar-refractivity contribution in [3.05, 3.63) is 45.8 Å². The van der Waals surface area contributed by atoms with Gasteiger partial charge in [-0.05, 0) is 37.0 Å². The second-order valence-electron chi connectivity index (χ2n) is 8.25. The fourth-order valence-corrected chi connectivity index (χ4v) is 4.83. The standard InChI is InChI=1S/C23H23Cl2N5O2/c1-12-27-20-19-17(28-23(30-19)29-18-15(24)8-5-9-16(18)25)10-14(21(20)32-12)22(31)26-11-13-6-3-2-4-7-13/h5,8-10,13H,2-4,6-7,11H2,1H3,(H,26,31)(H2,28,29,30). The summed E-state index contributed by atoms with van der Waals surface area (Å²) in [5, 5.41) is 7.16. The van der Waals surface area contributed by atoms with Crippen molar-refractivity contribution in [1.29, 1.82) is 0 Å². The number of anilines is 2. The Kier molecular flexibility index (Phi) is 5.69. The molecule has 1 aliphatic rings. The fraction of sp³-hybridized carbons (Fsp3) is 0.348. The molecule has 2 heterocycles. The van der Waals surface area contributed by atoms with Gasteiger partial charge < -0.3 is 20.0 Å². The topological polar surface area (TPSA) is 95.8 Å². The Balaban J connectivity index is 1.49. The van der Waals surface area contributed by atoms with Gasteiger partial charge in [-0.15, -0.1) is 0 Å². The minimum Gasteiger partial charge on any atom is -0.440 e. The van der Waals surface area contributed by atoms with Crippen LogP contribution in [0.2, 0.25) is 10.0 Å². The zero-order valence-corrected chi connectivity index (χ0v) is 19.1. The summed E-state index contributed by atoms with van der Waals surface area (Å²) in [6.07, 6.45) is 6.08. The van der Waals surface area contributed by atoms with Crippen LogP contribution in [0.15, 0.2) is 28.7 Å². The van der Waals surface area contributed by atoms with Gasteiger partial charge in [-0.2, -0.15) is 0 Å². The van der Waals surface area contributed by atoms with Crippen LogP contribution in [0.25, 0.3) is 22.1 Å². The number of amides is 1. The number of fused-ring (bicyclic) bond motifs is 3. The highest BCUT2D eigenvalue weighted by molar-refractivity contribution is 6.39. The number of carbonyl (C=O) groups excluding carboxylic acids is 1. The lowest BCUT2D eigenvalue weighted by atomic mass is 9.89. The predicted molar refractivity (Wildman–Crippen MR) is 127 cm³/mol. The quantitative estimate of drug-likeness (QED) is 0.314. The van der Waals surface area contributed by atoms with Gasteiger partial charge in [0, 0.05) is 13.5 Å². The number of carbonyl (C=O) groups is 1. The maximum atomic E-state index is 13.1. The first-order valence-electron chi connectivity index (χ1n) is 10.8. The van der Waals surface area contributed by atoms with Crippen molar-refractivity contribution in [2.75, 3.05) is 11.9 Å². The third-order valence-corrected chi connectivity index (χ3v) is 6.58. The zero-order chi connectivity index (χ0) is 22.2. The maximum Gasteiger partial charge on any atom is 0.255 e. The van der Waals surface area contributed by atoms with E-state index in [1.807, 2.05) is 0 Å². The van der Waals surface area contributed by atoms with E-state index < -0.39 is 0 Å². The number of hydrogen-bond donors (Lipinski definition) is 3. The van der Waals surface area contributed by atoms with Gasteiger partial charge in [0.05, 0.1) is 26.8 Å². The number of aromatic amines is 1. The Morgan fingerprint density at radius 1 is 1.16 bits per heavy atom. The van der Waals surface area contributed by atoms with Gasteiger partial charge in [0.25, 0.3) is 5.91 Å². The van der Waals surface area contributed by atoms with E-state index in [4.69, 9.17) is 27.6 Å². The van der Waals surface area contributed by atoms with Crippen LogP contribution in [0, 0.1) is 12.8 Å². The third kappa shape index (κ3) is 4.02. The summed E-state index contributed by atoms with van der Waals surface area (Å²) in [6.45, 7) is 2.43. The number of benzene rings is 2. The number of imidazole rings is 1. The summed E-state index contributed by atoms with van der Waals surface area (Å²) < 4.78 is 5.80. The van der Waals surface area contributed by atoms with Crippen LogP contribution in [0.3, 0.4) is 0 Å². The summed E-state index contributed by atoms with van der Waals surface area (Å²) in [5.74, 6) is 1.28. The molecule has 1 aliphatic carbocycles. The normalized spacial score (nSPS) is 14.8. The molecule has 0 aliphatic heterocycles. The molecule has 7 nitrogen and oxygen atoms in total. The first-order valence-corrected chi connectivity index (χ1v) is 11.5. The van der Waals surface area contributed by atoms with E-state index in [0.29, 0.717) is 67.7 Å². The van der Waals surface area contributed by atoms with Crippen LogP contribution in [0.5, 0.6) is 0 Å². The van der Waals surface area contributed by atoms with Crippen LogP contribution in [-0.4, -0.2) is 27.4 Å². The molecule has 4 aromatic rings. The second kappa shape index (κ2) is 8.64. The highest BCUT2D eigenvalue weighted by Crippen LogP contribution is 2.34. The van der Waals surface area contributed by atoms with Gasteiger partial charge in [-0.1, -0.05) is 48.5 Å². The molecule has 1 fully saturated rings. The van der Waals surface area contributed by atoms with Crippen LogP contribution in [-0.2, 0) is 0 Å². The number of oxazole rings is 1. The molecule has 2 aromatic heterocycles.